The highest BCUT2D eigenvalue weighted by Gasteiger charge is 2.68. The number of benzene rings is 2. The van der Waals surface area contributed by atoms with Gasteiger partial charge in [0.25, 0.3) is 0 Å². The highest BCUT2D eigenvalue weighted by atomic mass is 35.5. The Morgan fingerprint density at radius 3 is 2.36 bits per heavy atom. The number of aryl methyl sites for hydroxylation is 2. The van der Waals surface area contributed by atoms with E-state index in [0.29, 0.717) is 28.5 Å². The first kappa shape index (κ1) is 32.5. The number of nitrogens with zero attached hydrogens (tertiary/aromatic N) is 4. The molecule has 2 aliphatic heterocycles. The molecule has 0 spiro atoms. The number of rotatable bonds is 5. The summed E-state index contributed by atoms with van der Waals surface area (Å²) < 4.78 is 14.2. The maximum atomic E-state index is 15.1. The molecular weight excluding hydrogens is 680 g/mol. The topological polar surface area (TPSA) is 131 Å². The number of carbonyl (C=O) groups excluding carboxylic acids is 4. The second-order valence-corrected chi connectivity index (χ2v) is 15.4. The number of phenols is 1. The number of fused-ring (bicyclic) bond motifs is 5. The van der Waals surface area contributed by atoms with E-state index in [2.05, 4.69) is 0 Å². The van der Waals surface area contributed by atoms with Gasteiger partial charge < -0.3 is 14.6 Å². The Morgan fingerprint density at radius 1 is 0.980 bits per heavy atom. The zero-order valence-corrected chi connectivity index (χ0v) is 29.9. The van der Waals surface area contributed by atoms with Crippen LogP contribution in [0.25, 0.3) is 20.7 Å². The maximum Gasteiger partial charge on any atom is 0.242 e. The van der Waals surface area contributed by atoms with E-state index in [4.69, 9.17) is 26.2 Å². The van der Waals surface area contributed by atoms with Crippen LogP contribution in [0.2, 0.25) is 5.02 Å². The summed E-state index contributed by atoms with van der Waals surface area (Å²) in [7, 11) is 6.13. The van der Waals surface area contributed by atoms with Crippen molar-refractivity contribution in [3.8, 4) is 27.8 Å². The summed E-state index contributed by atoms with van der Waals surface area (Å²) in [6, 6.07) is 10.4. The molecule has 4 amide bonds. The number of imide groups is 2. The van der Waals surface area contributed by atoms with Crippen molar-refractivity contribution in [1.82, 2.24) is 14.7 Å². The van der Waals surface area contributed by atoms with Crippen LogP contribution < -0.4 is 14.4 Å². The van der Waals surface area contributed by atoms with Crippen LogP contribution in [-0.4, -0.2) is 64.7 Å². The molecule has 0 radical (unpaired) electrons. The Balaban J connectivity index is 1.30. The van der Waals surface area contributed by atoms with Crippen molar-refractivity contribution < 1.29 is 33.8 Å². The second kappa shape index (κ2) is 11.2. The molecular formula is C37H35ClN4O7S. The predicted molar refractivity (Wildman–Crippen MR) is 187 cm³/mol. The first-order chi connectivity index (χ1) is 23.8. The average molecular weight is 715 g/mol. The fourth-order valence-corrected chi connectivity index (χ4v) is 10.4. The lowest BCUT2D eigenvalue weighted by Gasteiger charge is -2.49. The number of methoxy groups -OCH3 is 2. The molecule has 1 N–H and O–H groups in total. The fraction of sp³-hybridized carbons (Fsp3) is 0.378. The zero-order valence-electron chi connectivity index (χ0n) is 28.3. The van der Waals surface area contributed by atoms with Gasteiger partial charge in [0.2, 0.25) is 23.6 Å². The lowest BCUT2D eigenvalue weighted by molar-refractivity contribution is -0.138. The van der Waals surface area contributed by atoms with Gasteiger partial charge >= 0.3 is 0 Å². The van der Waals surface area contributed by atoms with Crippen LogP contribution in [0.5, 0.6) is 17.2 Å². The zero-order chi connectivity index (χ0) is 35.5. The quantitative estimate of drug-likeness (QED) is 0.201. The van der Waals surface area contributed by atoms with Crippen molar-refractivity contribution in [2.75, 3.05) is 26.2 Å². The van der Waals surface area contributed by atoms with Crippen LogP contribution in [-0.2, 0) is 26.2 Å². The lowest BCUT2D eigenvalue weighted by Crippen LogP contribution is -2.49. The van der Waals surface area contributed by atoms with Gasteiger partial charge in [0.15, 0.2) is 0 Å². The third kappa shape index (κ3) is 4.24. The smallest absolute Gasteiger partial charge is 0.242 e. The first-order valence-electron chi connectivity index (χ1n) is 16.4. The summed E-state index contributed by atoms with van der Waals surface area (Å²) >= 11 is 7.86. The lowest BCUT2D eigenvalue weighted by atomic mass is 9.51. The number of ether oxygens (including phenoxy) is 2. The average Bonchev–Trinajstić information content (AvgIpc) is 3.75. The summed E-state index contributed by atoms with van der Waals surface area (Å²) in [5.41, 5.74) is 1.55. The Kier molecular flexibility index (Phi) is 7.26. The minimum absolute atomic E-state index is 0.0935. The Hall–Kier alpha value is -4.68. The van der Waals surface area contributed by atoms with Crippen LogP contribution in [0.15, 0.2) is 48.0 Å². The van der Waals surface area contributed by atoms with Crippen molar-refractivity contribution >= 4 is 62.5 Å². The van der Waals surface area contributed by atoms with E-state index in [1.54, 1.807) is 36.1 Å². The normalized spacial score (nSPS) is 27.5. The molecule has 2 aromatic heterocycles. The van der Waals surface area contributed by atoms with E-state index in [9.17, 15) is 19.5 Å². The van der Waals surface area contributed by atoms with Crippen molar-refractivity contribution in [3.63, 3.8) is 0 Å². The summed E-state index contributed by atoms with van der Waals surface area (Å²) in [5.74, 6) is -3.90. The standard InChI is InChI=1S/C37H35ClN4O7S/c1-16-21-11-17(38)7-10-27(21)50-32(16)24-15-28(41(4)39-24)42-34(45)23-14-22-19(8-9-20-29(22)35(46)40(3)33(20)44)31(37(23,2)36(42)47)30-25(48-5)12-18(43)13-26(30)49-6/h7-8,10-13,15,20,22-23,29,31,43H,9,14H2,1-6H3. The van der Waals surface area contributed by atoms with Crippen molar-refractivity contribution in [2.45, 2.75) is 32.6 Å². The predicted octanol–water partition coefficient (Wildman–Crippen LogP) is 5.85. The molecule has 2 saturated heterocycles. The summed E-state index contributed by atoms with van der Waals surface area (Å²) in [4.78, 5) is 60.0. The molecule has 13 heteroatoms. The summed E-state index contributed by atoms with van der Waals surface area (Å²) in [5, 5.41) is 17.0. The number of allylic oxidation sites excluding steroid dienone is 2. The molecule has 11 nitrogen and oxygen atoms in total. The molecule has 6 atom stereocenters. The number of aromatic nitrogens is 2. The molecule has 8 rings (SSSR count). The van der Waals surface area contributed by atoms with E-state index in [0.717, 1.165) is 26.1 Å². The summed E-state index contributed by atoms with van der Waals surface area (Å²) in [6.07, 6.45) is 2.49. The molecule has 3 fully saturated rings. The molecule has 1 saturated carbocycles. The van der Waals surface area contributed by atoms with E-state index >= 15 is 4.79 Å². The van der Waals surface area contributed by atoms with Crippen LogP contribution in [0.4, 0.5) is 5.82 Å². The van der Waals surface area contributed by atoms with E-state index in [-0.39, 0.29) is 35.5 Å². The first-order valence-corrected chi connectivity index (χ1v) is 17.6. The van der Waals surface area contributed by atoms with Gasteiger partial charge in [0.1, 0.15) is 28.8 Å². The third-order valence-corrected chi connectivity index (χ3v) is 13.1. The monoisotopic (exact) mass is 714 g/mol. The van der Waals surface area contributed by atoms with E-state index in [1.807, 2.05) is 31.2 Å². The highest BCUT2D eigenvalue weighted by molar-refractivity contribution is 7.22. The van der Waals surface area contributed by atoms with Gasteiger partial charge in [-0.2, -0.15) is 5.10 Å². The second-order valence-electron chi connectivity index (χ2n) is 13.9. The van der Waals surface area contributed by atoms with E-state index in [1.165, 1.54) is 43.2 Å². The van der Waals surface area contributed by atoms with E-state index < -0.39 is 46.8 Å². The number of thiophene rings is 1. The van der Waals surface area contributed by atoms with Crippen LogP contribution in [0.3, 0.4) is 0 Å². The minimum atomic E-state index is -1.35. The number of hydrogen-bond acceptors (Lipinski definition) is 9. The molecule has 2 aliphatic carbocycles. The van der Waals surface area contributed by atoms with Crippen LogP contribution >= 0.6 is 22.9 Å². The largest absolute Gasteiger partial charge is 0.508 e. The number of likely N-dealkylation sites (tertiary alicyclic amines) is 1. The molecule has 258 valence electrons. The summed E-state index contributed by atoms with van der Waals surface area (Å²) in [6.45, 7) is 3.79. The Labute approximate surface area is 297 Å². The number of halogens is 1. The van der Waals surface area contributed by atoms with Gasteiger partial charge in [-0.15, -0.1) is 11.3 Å². The van der Waals surface area contributed by atoms with Crippen molar-refractivity contribution in [1.29, 1.82) is 0 Å². The molecule has 6 unspecified atom stereocenters. The van der Waals surface area contributed by atoms with Gasteiger partial charge in [-0.05, 0) is 61.8 Å². The molecule has 2 aromatic carbocycles. The maximum absolute atomic E-state index is 15.1. The number of phenolic OH excluding ortho intramolecular Hbond substituents is 1. The third-order valence-electron chi connectivity index (χ3n) is 11.5. The highest BCUT2D eigenvalue weighted by Crippen LogP contribution is 2.65. The van der Waals surface area contributed by atoms with Gasteiger partial charge in [-0.25, -0.2) is 4.90 Å². The SMILES string of the molecule is COc1cc(O)cc(OC)c1C1C2=CCC3C(=O)N(C)C(=O)C3C2CC2C(=O)N(c3cc(-c4sc5ccc(Cl)cc5c4C)nn3C)C(=O)C21C. The van der Waals surface area contributed by atoms with Crippen molar-refractivity contribution in [2.24, 2.45) is 36.1 Å². The number of anilines is 1. The fourth-order valence-electron chi connectivity index (χ4n) is 9.12. The van der Waals surface area contributed by atoms with Crippen molar-refractivity contribution in [3.05, 3.63) is 64.2 Å². The minimum Gasteiger partial charge on any atom is -0.508 e. The van der Waals surface area contributed by atoms with Gasteiger partial charge in [0, 0.05) is 53.5 Å². The van der Waals surface area contributed by atoms with Gasteiger partial charge in [-0.3, -0.25) is 28.8 Å². The molecule has 0 bridgehead atoms. The molecule has 4 aliphatic rings. The van der Waals surface area contributed by atoms with Gasteiger partial charge in [-0.1, -0.05) is 23.3 Å². The molecule has 50 heavy (non-hydrogen) atoms. The van der Waals surface area contributed by atoms with Gasteiger partial charge in [0.05, 0.1) is 42.3 Å². The van der Waals surface area contributed by atoms with Crippen LogP contribution in [0, 0.1) is 36.0 Å². The number of carbonyl (C=O) groups is 4. The Bertz CT molecular complexity index is 2200. The molecule has 4 aromatic rings. The number of aromatic hydroxyl groups is 1. The Morgan fingerprint density at radius 2 is 1.68 bits per heavy atom. The molecule has 4 heterocycles. The number of amides is 4. The number of hydrogen-bond donors (Lipinski definition) is 1. The van der Waals surface area contributed by atoms with Crippen LogP contribution in [0.1, 0.15) is 36.8 Å².